The molecule has 3 nitrogen and oxygen atoms in total. The molecule has 0 spiro atoms. The third-order valence-electron chi connectivity index (χ3n) is 4.90. The first-order valence-corrected chi connectivity index (χ1v) is 9.38. The van der Waals surface area contributed by atoms with E-state index in [0.29, 0.717) is 0 Å². The highest BCUT2D eigenvalue weighted by Crippen LogP contribution is 2.37. The molecule has 0 aromatic heterocycles. The molecule has 1 rings (SSSR count). The summed E-state index contributed by atoms with van der Waals surface area (Å²) in [6, 6.07) is 0.251. The van der Waals surface area contributed by atoms with E-state index in [0.717, 1.165) is 12.8 Å². The fraction of sp³-hybridized carbons (Fsp3) is 1.00. The van der Waals surface area contributed by atoms with Gasteiger partial charge in [0, 0.05) is 17.1 Å². The van der Waals surface area contributed by atoms with Crippen LogP contribution in [0.1, 0.15) is 80.6 Å². The minimum Gasteiger partial charge on any atom is -0.403 e. The van der Waals surface area contributed by atoms with Crippen LogP contribution in [0.2, 0.25) is 0 Å². The molecule has 1 fully saturated rings. The van der Waals surface area contributed by atoms with Crippen LogP contribution in [0.4, 0.5) is 0 Å². The molecule has 1 saturated heterocycles. The molecule has 1 heterocycles. The predicted octanol–water partition coefficient (Wildman–Crippen LogP) is 2.95. The van der Waals surface area contributed by atoms with Crippen LogP contribution in [0, 0.1) is 0 Å². The fourth-order valence-corrected chi connectivity index (χ4v) is 5.08. The molecule has 20 heavy (non-hydrogen) atoms. The van der Waals surface area contributed by atoms with Crippen molar-refractivity contribution in [1.82, 2.24) is 4.57 Å². The van der Waals surface area contributed by atoms with Gasteiger partial charge in [0.05, 0.1) is 5.60 Å². The zero-order valence-electron chi connectivity index (χ0n) is 14.8. The van der Waals surface area contributed by atoms with Crippen molar-refractivity contribution in [2.24, 2.45) is 5.73 Å². The summed E-state index contributed by atoms with van der Waals surface area (Å²) in [7, 11) is -0.720. The highest BCUT2D eigenvalue weighted by Gasteiger charge is 2.41. The van der Waals surface area contributed by atoms with E-state index >= 15 is 0 Å². The lowest BCUT2D eigenvalue weighted by Gasteiger charge is -2.53. The Balaban J connectivity index is 2.66. The zero-order chi connectivity index (χ0) is 15.6. The van der Waals surface area contributed by atoms with Gasteiger partial charge in [-0.15, -0.1) is 0 Å². The Labute approximate surface area is 128 Å². The molecular weight excluding hydrogens is 264 g/mol. The summed E-state index contributed by atoms with van der Waals surface area (Å²) in [4.78, 5) is 0. The Kier molecular flexibility index (Phi) is 5.87. The van der Waals surface area contributed by atoms with E-state index < -0.39 is 9.92 Å². The first kappa shape index (κ1) is 18.1. The number of hydrogen-bond acceptors (Lipinski definition) is 3. The van der Waals surface area contributed by atoms with Crippen LogP contribution < -0.4 is 5.73 Å². The van der Waals surface area contributed by atoms with E-state index in [1.165, 1.54) is 19.3 Å². The van der Waals surface area contributed by atoms with Gasteiger partial charge >= 0.3 is 0 Å². The quantitative estimate of drug-likeness (QED) is 0.767. The van der Waals surface area contributed by atoms with E-state index in [2.05, 4.69) is 53.0 Å². The summed E-state index contributed by atoms with van der Waals surface area (Å²) < 4.78 is 9.07. The van der Waals surface area contributed by atoms with E-state index in [1.807, 2.05) is 0 Å². The average Bonchev–Trinajstić information content (AvgIpc) is 2.25. The van der Waals surface area contributed by atoms with Crippen molar-refractivity contribution in [3.8, 4) is 0 Å². The molecule has 4 heteroatoms. The van der Waals surface area contributed by atoms with Crippen LogP contribution in [0.25, 0.3) is 0 Å². The van der Waals surface area contributed by atoms with Crippen molar-refractivity contribution in [3.63, 3.8) is 0 Å². The standard InChI is InChI=1S/C16H36N2OSi/c1-8-13(17)12-16(6,7)19-20-18-14(2,3)10-9-11-15(18,4)5/h13H,8-12,17,20H2,1-7H3. The van der Waals surface area contributed by atoms with Crippen LogP contribution in [-0.4, -0.2) is 37.2 Å². The summed E-state index contributed by atoms with van der Waals surface area (Å²) in [5, 5.41) is 0. The Hall–Kier alpha value is 0.0969. The summed E-state index contributed by atoms with van der Waals surface area (Å²) in [5.41, 5.74) is 6.55. The lowest BCUT2D eigenvalue weighted by Crippen LogP contribution is -2.61. The molecule has 1 atom stereocenters. The molecule has 2 N–H and O–H groups in total. The number of nitrogens with two attached hydrogens (primary N) is 1. The molecule has 0 bridgehead atoms. The second-order valence-corrected chi connectivity index (χ2v) is 9.49. The first-order chi connectivity index (χ1) is 9.00. The lowest BCUT2D eigenvalue weighted by molar-refractivity contribution is 0.00926. The van der Waals surface area contributed by atoms with Crippen molar-refractivity contribution in [2.45, 2.75) is 103 Å². The highest BCUT2D eigenvalue weighted by molar-refractivity contribution is 6.24. The molecule has 0 aromatic carbocycles. The monoisotopic (exact) mass is 300 g/mol. The Morgan fingerprint density at radius 1 is 1.20 bits per heavy atom. The van der Waals surface area contributed by atoms with Crippen LogP contribution in [0.3, 0.4) is 0 Å². The third-order valence-corrected chi connectivity index (χ3v) is 7.78. The number of rotatable bonds is 6. The SMILES string of the molecule is CCC(N)CC(C)(C)O[SiH2]N1C(C)(C)CCCC1(C)C. The summed E-state index contributed by atoms with van der Waals surface area (Å²) in [6.07, 6.45) is 5.86. The molecule has 120 valence electrons. The van der Waals surface area contributed by atoms with Crippen LogP contribution in [0.15, 0.2) is 0 Å². The lowest BCUT2D eigenvalue weighted by atomic mass is 9.83. The average molecular weight is 301 g/mol. The molecule has 0 radical (unpaired) electrons. The van der Waals surface area contributed by atoms with Gasteiger partial charge in [-0.25, -0.2) is 0 Å². The maximum absolute atomic E-state index is 6.40. The van der Waals surface area contributed by atoms with Gasteiger partial charge in [0.1, 0.15) is 0 Å². The summed E-state index contributed by atoms with van der Waals surface area (Å²) in [5.74, 6) is 0. The molecule has 0 aliphatic carbocycles. The van der Waals surface area contributed by atoms with Crippen LogP contribution in [-0.2, 0) is 4.43 Å². The fourth-order valence-electron chi connectivity index (χ4n) is 3.47. The van der Waals surface area contributed by atoms with E-state index in [1.54, 1.807) is 0 Å². The third kappa shape index (κ3) is 4.83. The maximum atomic E-state index is 6.40. The van der Waals surface area contributed by atoms with Crippen molar-refractivity contribution in [2.75, 3.05) is 0 Å². The van der Waals surface area contributed by atoms with Gasteiger partial charge < -0.3 is 10.2 Å². The first-order valence-electron chi connectivity index (χ1n) is 8.17. The number of nitrogens with zero attached hydrogens (tertiary/aromatic N) is 1. The smallest absolute Gasteiger partial charge is 0.240 e. The Morgan fingerprint density at radius 3 is 2.15 bits per heavy atom. The molecule has 1 unspecified atom stereocenters. The maximum Gasteiger partial charge on any atom is 0.240 e. The van der Waals surface area contributed by atoms with Crippen molar-refractivity contribution in [3.05, 3.63) is 0 Å². The number of hydrogen-bond donors (Lipinski definition) is 1. The molecular formula is C16H36N2OSi. The largest absolute Gasteiger partial charge is 0.403 e. The topological polar surface area (TPSA) is 38.5 Å². The number of piperidine rings is 1. The minimum atomic E-state index is -0.720. The van der Waals surface area contributed by atoms with Gasteiger partial charge in [-0.3, -0.25) is 4.57 Å². The van der Waals surface area contributed by atoms with Gasteiger partial charge in [-0.05, 0) is 73.6 Å². The molecule has 0 aromatic rings. The van der Waals surface area contributed by atoms with Gasteiger partial charge in [-0.1, -0.05) is 6.92 Å². The van der Waals surface area contributed by atoms with E-state index in [-0.39, 0.29) is 22.7 Å². The van der Waals surface area contributed by atoms with Crippen LogP contribution >= 0.6 is 0 Å². The molecule has 1 aliphatic rings. The Bertz CT molecular complexity index is 300. The van der Waals surface area contributed by atoms with E-state index in [9.17, 15) is 0 Å². The van der Waals surface area contributed by atoms with Gasteiger partial charge in [0.15, 0.2) is 0 Å². The highest BCUT2D eigenvalue weighted by atomic mass is 28.2. The van der Waals surface area contributed by atoms with Gasteiger partial charge in [-0.2, -0.15) is 0 Å². The van der Waals surface area contributed by atoms with Gasteiger partial charge in [0.25, 0.3) is 0 Å². The second-order valence-electron chi connectivity index (χ2n) is 8.31. The van der Waals surface area contributed by atoms with Crippen LogP contribution in [0.5, 0.6) is 0 Å². The summed E-state index contributed by atoms with van der Waals surface area (Å²) in [6.45, 7) is 16.0. The predicted molar refractivity (Wildman–Crippen MR) is 90.4 cm³/mol. The Morgan fingerprint density at radius 2 is 1.70 bits per heavy atom. The van der Waals surface area contributed by atoms with Crippen molar-refractivity contribution in [1.29, 1.82) is 0 Å². The zero-order valence-corrected chi connectivity index (χ0v) is 16.2. The second kappa shape index (κ2) is 6.47. The summed E-state index contributed by atoms with van der Waals surface area (Å²) >= 11 is 0. The van der Waals surface area contributed by atoms with E-state index in [4.69, 9.17) is 10.2 Å². The molecule has 0 amide bonds. The molecule has 0 saturated carbocycles. The van der Waals surface area contributed by atoms with Crippen molar-refractivity contribution < 1.29 is 4.43 Å². The minimum absolute atomic E-state index is 0.0920. The normalized spacial score (nSPS) is 25.2. The molecule has 1 aliphatic heterocycles. The van der Waals surface area contributed by atoms with Crippen molar-refractivity contribution >= 4 is 9.92 Å². The van der Waals surface area contributed by atoms with Gasteiger partial charge in [0.2, 0.25) is 9.92 Å².